The highest BCUT2D eigenvalue weighted by Crippen LogP contribution is 2.28. The van der Waals surface area contributed by atoms with Gasteiger partial charge in [0.1, 0.15) is 0 Å². The lowest BCUT2D eigenvalue weighted by atomic mass is 10.0. The van der Waals surface area contributed by atoms with Gasteiger partial charge in [-0.1, -0.05) is 59.2 Å². The van der Waals surface area contributed by atoms with Gasteiger partial charge in [-0.25, -0.2) is 0 Å². The molecule has 2 aromatic carbocycles. The average Bonchev–Trinajstić information content (AvgIpc) is 3.22. The Kier molecular flexibility index (Phi) is 9.54. The summed E-state index contributed by atoms with van der Waals surface area (Å²) in [7, 11) is 0. The van der Waals surface area contributed by atoms with E-state index < -0.39 is 6.04 Å². The summed E-state index contributed by atoms with van der Waals surface area (Å²) >= 11 is 10.7. The molecule has 0 saturated carbocycles. The quantitative estimate of drug-likeness (QED) is 0.221. The number of benzene rings is 2. The number of hydrogen-bond donors (Lipinski definition) is 2. The van der Waals surface area contributed by atoms with E-state index in [-0.39, 0.29) is 23.5 Å². The molecule has 0 aliphatic heterocycles. The minimum atomic E-state index is -0.412. The second-order valence-corrected chi connectivity index (χ2v) is 10.5. The first-order valence-electron chi connectivity index (χ1n) is 11.0. The van der Waals surface area contributed by atoms with Crippen LogP contribution in [0.4, 0.5) is 5.69 Å². The summed E-state index contributed by atoms with van der Waals surface area (Å²) in [6.07, 6.45) is 1.72. The highest BCUT2D eigenvalue weighted by molar-refractivity contribution is 9.10. The maximum atomic E-state index is 12.7. The number of thioether (sulfide) groups is 1. The maximum absolute atomic E-state index is 12.7. The Bertz CT molecular complexity index is 1210. The van der Waals surface area contributed by atoms with Crippen molar-refractivity contribution in [3.8, 4) is 0 Å². The zero-order valence-corrected chi connectivity index (χ0v) is 22.9. The topological polar surface area (TPSA) is 88.9 Å². The van der Waals surface area contributed by atoms with E-state index in [1.54, 1.807) is 30.3 Å². The summed E-state index contributed by atoms with van der Waals surface area (Å²) < 4.78 is 2.81. The molecule has 1 atom stereocenters. The van der Waals surface area contributed by atoms with Crippen LogP contribution in [-0.4, -0.2) is 32.3 Å². The van der Waals surface area contributed by atoms with E-state index in [9.17, 15) is 9.59 Å². The van der Waals surface area contributed by atoms with Crippen LogP contribution in [0.3, 0.4) is 0 Å². The van der Waals surface area contributed by atoms with E-state index in [0.717, 1.165) is 15.7 Å². The van der Waals surface area contributed by atoms with Crippen molar-refractivity contribution in [2.45, 2.75) is 44.4 Å². The second-order valence-electron chi connectivity index (χ2n) is 8.17. The fraction of sp³-hybridized carbons (Fsp3) is 0.280. The highest BCUT2D eigenvalue weighted by Gasteiger charge is 2.21. The van der Waals surface area contributed by atoms with Gasteiger partial charge >= 0.3 is 0 Å². The third-order valence-corrected chi connectivity index (χ3v) is 6.85. The van der Waals surface area contributed by atoms with Gasteiger partial charge in [-0.15, -0.1) is 16.8 Å². The number of carbonyl (C=O) groups is 2. The average molecular weight is 577 g/mol. The molecule has 0 fully saturated rings. The zero-order chi connectivity index (χ0) is 25.5. The molecule has 3 aromatic rings. The Hall–Kier alpha value is -2.62. The number of halogens is 2. The van der Waals surface area contributed by atoms with E-state index in [2.05, 4.69) is 57.2 Å². The van der Waals surface area contributed by atoms with Crippen molar-refractivity contribution in [2.24, 2.45) is 0 Å². The molecular formula is C25H27BrClN5O2S. The predicted octanol–water partition coefficient (Wildman–Crippen LogP) is 6.23. The lowest BCUT2D eigenvalue weighted by molar-refractivity contribution is -0.113. The van der Waals surface area contributed by atoms with E-state index in [4.69, 9.17) is 11.6 Å². The van der Waals surface area contributed by atoms with Gasteiger partial charge in [-0.05, 0) is 60.9 Å². The molecule has 0 aliphatic carbocycles. The number of nitrogens with one attached hydrogen (secondary N) is 2. The van der Waals surface area contributed by atoms with Gasteiger partial charge in [0.15, 0.2) is 11.0 Å². The largest absolute Gasteiger partial charge is 0.342 e. The fourth-order valence-electron chi connectivity index (χ4n) is 3.42. The molecule has 2 amide bonds. The number of carbonyl (C=O) groups excluding carboxylic acids is 2. The third kappa shape index (κ3) is 7.19. The van der Waals surface area contributed by atoms with Crippen LogP contribution in [0, 0.1) is 0 Å². The van der Waals surface area contributed by atoms with E-state index in [1.807, 2.05) is 29.7 Å². The van der Waals surface area contributed by atoms with Crippen LogP contribution in [0.1, 0.15) is 54.5 Å². The monoisotopic (exact) mass is 575 g/mol. The van der Waals surface area contributed by atoms with Crippen LogP contribution in [0.15, 0.2) is 64.7 Å². The molecule has 1 heterocycles. The number of rotatable bonds is 10. The summed E-state index contributed by atoms with van der Waals surface area (Å²) in [5.74, 6) is 0.613. The standard InChI is InChI=1S/C25H27BrClN5O2S/c1-5-12-32-23(16(4)28-24(34)17-6-9-19(27)10-7-17)30-31-25(32)35-14-22(33)29-21-11-8-18(26)13-20(21)15(2)3/h5-11,13,15-16H,1,12,14H2,2-4H3,(H,28,34)(H,29,33)/t16-/m0/s1. The second kappa shape index (κ2) is 12.4. The molecule has 184 valence electrons. The summed E-state index contributed by atoms with van der Waals surface area (Å²) in [5, 5.41) is 15.6. The minimum Gasteiger partial charge on any atom is -0.342 e. The molecule has 35 heavy (non-hydrogen) atoms. The van der Waals surface area contributed by atoms with E-state index >= 15 is 0 Å². The highest BCUT2D eigenvalue weighted by atomic mass is 79.9. The van der Waals surface area contributed by atoms with Gasteiger partial charge < -0.3 is 15.2 Å². The van der Waals surface area contributed by atoms with Crippen LogP contribution in [0.2, 0.25) is 5.02 Å². The van der Waals surface area contributed by atoms with Gasteiger partial charge in [0, 0.05) is 27.3 Å². The number of anilines is 1. The Balaban J connectivity index is 1.68. The van der Waals surface area contributed by atoms with Gasteiger partial charge in [0.25, 0.3) is 5.91 Å². The van der Waals surface area contributed by atoms with Crippen molar-refractivity contribution in [1.29, 1.82) is 0 Å². The molecule has 10 heteroatoms. The Morgan fingerprint density at radius 1 is 1.17 bits per heavy atom. The van der Waals surface area contributed by atoms with Gasteiger partial charge in [-0.2, -0.15) is 0 Å². The first kappa shape index (κ1) is 27.0. The SMILES string of the molecule is C=CCn1c(SCC(=O)Nc2ccc(Br)cc2C(C)C)nnc1[C@H](C)NC(=O)c1ccc(Cl)cc1. The molecule has 0 spiro atoms. The van der Waals surface area contributed by atoms with Crippen LogP contribution in [0.25, 0.3) is 0 Å². The lowest BCUT2D eigenvalue weighted by Crippen LogP contribution is -2.28. The van der Waals surface area contributed by atoms with Crippen LogP contribution < -0.4 is 10.6 Å². The van der Waals surface area contributed by atoms with Crippen LogP contribution in [0.5, 0.6) is 0 Å². The van der Waals surface area contributed by atoms with Crippen molar-refractivity contribution < 1.29 is 9.59 Å². The Morgan fingerprint density at radius 2 is 1.89 bits per heavy atom. The van der Waals surface area contributed by atoms with Crippen molar-refractivity contribution >= 4 is 56.8 Å². The van der Waals surface area contributed by atoms with Crippen molar-refractivity contribution in [1.82, 2.24) is 20.1 Å². The van der Waals surface area contributed by atoms with E-state index in [1.165, 1.54) is 11.8 Å². The minimum absolute atomic E-state index is 0.141. The number of hydrogen-bond acceptors (Lipinski definition) is 5. The predicted molar refractivity (Wildman–Crippen MR) is 145 cm³/mol. The first-order valence-corrected chi connectivity index (χ1v) is 13.2. The molecule has 0 saturated heterocycles. The van der Waals surface area contributed by atoms with Crippen LogP contribution >= 0.6 is 39.3 Å². The molecule has 0 aliphatic rings. The lowest BCUT2D eigenvalue weighted by Gasteiger charge is -2.16. The molecule has 3 rings (SSSR count). The number of amides is 2. The van der Waals surface area contributed by atoms with Crippen molar-refractivity contribution in [3.63, 3.8) is 0 Å². The van der Waals surface area contributed by atoms with Crippen molar-refractivity contribution in [2.75, 3.05) is 11.1 Å². The van der Waals surface area contributed by atoms with Crippen molar-refractivity contribution in [3.05, 3.63) is 81.6 Å². The van der Waals surface area contributed by atoms with Gasteiger partial charge in [0.05, 0.1) is 11.8 Å². The molecule has 7 nitrogen and oxygen atoms in total. The summed E-state index contributed by atoms with van der Waals surface area (Å²) in [4.78, 5) is 25.3. The summed E-state index contributed by atoms with van der Waals surface area (Å²) in [6, 6.07) is 12.1. The van der Waals surface area contributed by atoms with Crippen LogP contribution in [-0.2, 0) is 11.3 Å². The number of allylic oxidation sites excluding steroid dienone is 1. The summed E-state index contributed by atoms with van der Waals surface area (Å²) in [5.41, 5.74) is 2.34. The molecule has 0 bridgehead atoms. The molecule has 2 N–H and O–H groups in total. The smallest absolute Gasteiger partial charge is 0.251 e. The normalized spacial score (nSPS) is 11.8. The Morgan fingerprint density at radius 3 is 2.54 bits per heavy atom. The molecule has 0 unspecified atom stereocenters. The zero-order valence-electron chi connectivity index (χ0n) is 19.7. The first-order chi connectivity index (χ1) is 16.7. The van der Waals surface area contributed by atoms with Gasteiger partial charge in [-0.3, -0.25) is 9.59 Å². The third-order valence-electron chi connectivity index (χ3n) is 5.14. The molecular weight excluding hydrogens is 550 g/mol. The molecule has 0 radical (unpaired) electrons. The number of aromatic nitrogens is 3. The summed E-state index contributed by atoms with van der Waals surface area (Å²) in [6.45, 7) is 10.2. The molecule has 1 aromatic heterocycles. The van der Waals surface area contributed by atoms with E-state index in [0.29, 0.717) is 28.1 Å². The Labute approximate surface area is 222 Å². The maximum Gasteiger partial charge on any atom is 0.251 e. The van der Waals surface area contributed by atoms with Gasteiger partial charge in [0.2, 0.25) is 5.91 Å². The fourth-order valence-corrected chi connectivity index (χ4v) is 4.67. The number of nitrogens with zero attached hydrogens (tertiary/aromatic N) is 3.